The molecule has 126 valence electrons. The molecule has 0 aliphatic heterocycles. The van der Waals surface area contributed by atoms with E-state index in [1.54, 1.807) is 24.3 Å². The van der Waals surface area contributed by atoms with E-state index in [1.807, 2.05) is 0 Å². The van der Waals surface area contributed by atoms with Gasteiger partial charge in [-0.15, -0.1) is 11.3 Å². The van der Waals surface area contributed by atoms with Gasteiger partial charge >= 0.3 is 6.18 Å². The number of hydrogen-bond donors (Lipinski definition) is 2. The third kappa shape index (κ3) is 3.80. The minimum absolute atomic E-state index is 0.0586. The van der Waals surface area contributed by atoms with Gasteiger partial charge in [-0.05, 0) is 12.1 Å². The van der Waals surface area contributed by atoms with Gasteiger partial charge in [-0.1, -0.05) is 12.1 Å². The van der Waals surface area contributed by atoms with Crippen LogP contribution in [0.2, 0.25) is 0 Å². The fourth-order valence-electron chi connectivity index (χ4n) is 1.93. The fourth-order valence-corrected chi connectivity index (χ4v) is 3.01. The highest BCUT2D eigenvalue weighted by atomic mass is 32.1. The van der Waals surface area contributed by atoms with Gasteiger partial charge in [0.1, 0.15) is 5.01 Å². The second-order valence-corrected chi connectivity index (χ2v) is 5.89. The minimum Gasteiger partial charge on any atom is -0.383 e. The topological polar surface area (TPSA) is 71.5 Å². The highest BCUT2D eigenvalue weighted by molar-refractivity contribution is 7.18. The number of carbonyl (C=O) groups excluding carboxylic acids is 1. The van der Waals surface area contributed by atoms with Crippen molar-refractivity contribution in [2.24, 2.45) is 0 Å². The maximum absolute atomic E-state index is 13.4. The van der Waals surface area contributed by atoms with Crippen molar-refractivity contribution in [1.82, 2.24) is 10.3 Å². The Bertz CT molecular complexity index is 656. The summed E-state index contributed by atoms with van der Waals surface area (Å²) in [4.78, 5) is 15.6. The molecular weight excluding hydrogens is 333 g/mol. The number of carbonyl (C=O) groups is 1. The van der Waals surface area contributed by atoms with E-state index in [4.69, 9.17) is 4.74 Å². The molecule has 0 saturated carbocycles. The number of aliphatic hydroxyl groups is 1. The van der Waals surface area contributed by atoms with Gasteiger partial charge in [0.15, 0.2) is 0 Å². The van der Waals surface area contributed by atoms with E-state index in [-0.39, 0.29) is 13.2 Å². The van der Waals surface area contributed by atoms with Gasteiger partial charge in [0, 0.05) is 13.7 Å². The van der Waals surface area contributed by atoms with E-state index in [1.165, 1.54) is 7.11 Å². The number of hydrogen-bond acceptors (Lipinski definition) is 5. The van der Waals surface area contributed by atoms with Crippen LogP contribution in [0.1, 0.15) is 11.4 Å². The van der Waals surface area contributed by atoms with Crippen LogP contribution in [0.3, 0.4) is 0 Å². The van der Waals surface area contributed by atoms with Gasteiger partial charge in [-0.2, -0.15) is 13.2 Å². The number of amides is 1. The SMILES string of the molecule is COCCNC(=O)CC(O)(c1nc2ccccc2s1)C(F)(F)F. The molecule has 9 heteroatoms. The predicted octanol–water partition coefficient (Wildman–Crippen LogP) is 2.20. The molecule has 2 rings (SSSR count). The standard InChI is InChI=1S/C14H15F3N2O3S/c1-22-7-6-18-11(20)8-13(21,14(15,16)17)12-19-9-4-2-3-5-10(9)23-12/h2-5,21H,6-8H2,1H3,(H,18,20). The first kappa shape index (κ1) is 17.6. The molecule has 0 aliphatic rings. The first-order valence-corrected chi connectivity index (χ1v) is 7.50. The number of nitrogens with zero attached hydrogens (tertiary/aromatic N) is 1. The van der Waals surface area contributed by atoms with Crippen molar-refractivity contribution in [3.63, 3.8) is 0 Å². The van der Waals surface area contributed by atoms with Crippen molar-refractivity contribution in [2.45, 2.75) is 18.2 Å². The van der Waals surface area contributed by atoms with E-state index in [2.05, 4.69) is 10.3 Å². The molecule has 1 amide bonds. The molecule has 0 aliphatic carbocycles. The average molecular weight is 348 g/mol. The second-order valence-electron chi connectivity index (χ2n) is 4.86. The first-order chi connectivity index (χ1) is 10.8. The Morgan fingerprint density at radius 3 is 2.70 bits per heavy atom. The van der Waals surface area contributed by atoms with Gasteiger partial charge in [-0.3, -0.25) is 4.79 Å². The van der Waals surface area contributed by atoms with Crippen LogP contribution < -0.4 is 5.32 Å². The monoisotopic (exact) mass is 348 g/mol. The van der Waals surface area contributed by atoms with Gasteiger partial charge in [0.2, 0.25) is 11.5 Å². The number of benzene rings is 1. The van der Waals surface area contributed by atoms with Gasteiger partial charge < -0.3 is 15.2 Å². The Morgan fingerprint density at radius 2 is 2.09 bits per heavy atom. The Kier molecular flexibility index (Phi) is 5.23. The molecule has 0 bridgehead atoms. The lowest BCUT2D eigenvalue weighted by atomic mass is 9.99. The number of rotatable bonds is 6. The summed E-state index contributed by atoms with van der Waals surface area (Å²) in [6.07, 6.45) is -6.18. The Morgan fingerprint density at radius 1 is 1.39 bits per heavy atom. The molecule has 1 atom stereocenters. The zero-order valence-corrected chi connectivity index (χ0v) is 13.0. The Hall–Kier alpha value is -1.71. The summed E-state index contributed by atoms with van der Waals surface area (Å²) in [6, 6.07) is 6.45. The Balaban J connectivity index is 2.30. The number of ether oxygens (including phenoxy) is 1. The van der Waals surface area contributed by atoms with Crippen LogP contribution in [-0.2, 0) is 15.1 Å². The molecule has 0 fully saturated rings. The van der Waals surface area contributed by atoms with E-state index in [0.29, 0.717) is 21.6 Å². The second kappa shape index (κ2) is 6.81. The Labute approximate surface area is 134 Å². The maximum Gasteiger partial charge on any atom is 0.424 e. The quantitative estimate of drug-likeness (QED) is 0.785. The van der Waals surface area contributed by atoms with Crippen molar-refractivity contribution in [1.29, 1.82) is 0 Å². The zero-order chi connectivity index (χ0) is 17.1. The molecule has 5 nitrogen and oxygen atoms in total. The van der Waals surface area contributed by atoms with Crippen molar-refractivity contribution in [3.8, 4) is 0 Å². The molecule has 1 aromatic carbocycles. The van der Waals surface area contributed by atoms with Gasteiger partial charge in [-0.25, -0.2) is 4.98 Å². The van der Waals surface area contributed by atoms with Crippen molar-refractivity contribution >= 4 is 27.5 Å². The normalized spacial score (nSPS) is 14.7. The maximum atomic E-state index is 13.4. The summed E-state index contributed by atoms with van der Waals surface area (Å²) in [6.45, 7) is 0.223. The molecule has 0 radical (unpaired) electrons. The molecule has 1 heterocycles. The zero-order valence-electron chi connectivity index (χ0n) is 12.2. The smallest absolute Gasteiger partial charge is 0.383 e. The van der Waals surface area contributed by atoms with E-state index < -0.39 is 29.1 Å². The molecule has 1 unspecified atom stereocenters. The van der Waals surface area contributed by atoms with E-state index >= 15 is 0 Å². The molecule has 2 aromatic rings. The van der Waals surface area contributed by atoms with E-state index in [0.717, 1.165) is 0 Å². The lowest BCUT2D eigenvalue weighted by Gasteiger charge is -2.27. The number of nitrogens with one attached hydrogen (secondary N) is 1. The number of methoxy groups -OCH3 is 1. The first-order valence-electron chi connectivity index (χ1n) is 6.69. The minimum atomic E-state index is -5.03. The molecule has 23 heavy (non-hydrogen) atoms. The summed E-state index contributed by atoms with van der Waals surface area (Å²) in [5, 5.41) is 11.9. The van der Waals surface area contributed by atoms with Crippen LogP contribution in [0, 0.1) is 0 Å². The molecule has 0 spiro atoms. The molecule has 1 aromatic heterocycles. The summed E-state index contributed by atoms with van der Waals surface area (Å²) < 4.78 is 45.3. The summed E-state index contributed by atoms with van der Waals surface area (Å²) in [5.41, 5.74) is -2.98. The van der Waals surface area contributed by atoms with Crippen LogP contribution in [0.25, 0.3) is 10.2 Å². The largest absolute Gasteiger partial charge is 0.424 e. The van der Waals surface area contributed by atoms with Crippen LogP contribution in [0.4, 0.5) is 13.2 Å². The predicted molar refractivity (Wildman–Crippen MR) is 79.1 cm³/mol. The number of alkyl halides is 3. The lowest BCUT2D eigenvalue weighted by molar-refractivity contribution is -0.267. The summed E-state index contributed by atoms with van der Waals surface area (Å²) >= 11 is 0.716. The van der Waals surface area contributed by atoms with Crippen molar-refractivity contribution in [2.75, 3.05) is 20.3 Å². The molecular formula is C14H15F3N2O3S. The van der Waals surface area contributed by atoms with Crippen molar-refractivity contribution < 1.29 is 27.8 Å². The number of fused-ring (bicyclic) bond motifs is 1. The average Bonchev–Trinajstić information content (AvgIpc) is 2.90. The number of para-hydroxylation sites is 1. The van der Waals surface area contributed by atoms with E-state index in [9.17, 15) is 23.1 Å². The third-order valence-electron chi connectivity index (χ3n) is 3.16. The number of aromatic nitrogens is 1. The number of halogens is 3. The number of thiazole rings is 1. The lowest BCUT2D eigenvalue weighted by Crippen LogP contribution is -2.46. The third-order valence-corrected chi connectivity index (χ3v) is 4.35. The highest BCUT2D eigenvalue weighted by Crippen LogP contribution is 2.44. The summed E-state index contributed by atoms with van der Waals surface area (Å²) in [7, 11) is 1.40. The molecule has 2 N–H and O–H groups in total. The summed E-state index contributed by atoms with van der Waals surface area (Å²) in [5.74, 6) is -0.930. The van der Waals surface area contributed by atoms with Crippen LogP contribution in [0.5, 0.6) is 0 Å². The van der Waals surface area contributed by atoms with Crippen LogP contribution in [-0.4, -0.2) is 42.4 Å². The van der Waals surface area contributed by atoms with Crippen LogP contribution >= 0.6 is 11.3 Å². The van der Waals surface area contributed by atoms with Crippen LogP contribution in [0.15, 0.2) is 24.3 Å². The highest BCUT2D eigenvalue weighted by Gasteiger charge is 2.58. The van der Waals surface area contributed by atoms with Gasteiger partial charge in [0.05, 0.1) is 23.2 Å². The molecule has 0 saturated heterocycles. The fraction of sp³-hybridized carbons (Fsp3) is 0.429. The van der Waals surface area contributed by atoms with Gasteiger partial charge in [0.25, 0.3) is 0 Å². The van der Waals surface area contributed by atoms with Crippen molar-refractivity contribution in [3.05, 3.63) is 29.3 Å².